The van der Waals surface area contributed by atoms with Gasteiger partial charge in [-0.15, -0.1) is 0 Å². The van der Waals surface area contributed by atoms with Crippen LogP contribution in [0.4, 0.5) is 0 Å². The van der Waals surface area contributed by atoms with E-state index < -0.39 is 0 Å². The van der Waals surface area contributed by atoms with Crippen LogP contribution in [0.1, 0.15) is 31.2 Å². The summed E-state index contributed by atoms with van der Waals surface area (Å²) in [5, 5.41) is 0. The van der Waals surface area contributed by atoms with Crippen molar-refractivity contribution in [2.24, 2.45) is 11.8 Å². The molecule has 1 aliphatic carbocycles. The minimum Gasteiger partial charge on any atom is -0.465 e. The van der Waals surface area contributed by atoms with Crippen LogP contribution in [0.25, 0.3) is 0 Å². The Morgan fingerprint density at radius 1 is 1.53 bits per heavy atom. The van der Waals surface area contributed by atoms with Gasteiger partial charge in [-0.1, -0.05) is 13.0 Å². The maximum absolute atomic E-state index is 11.4. The number of carbonyl (C=O) groups is 1. The molecule has 0 amide bonds. The second kappa shape index (κ2) is 5.30. The first-order valence-corrected chi connectivity index (χ1v) is 6.26. The smallest absolute Gasteiger partial charge is 0.309 e. The van der Waals surface area contributed by atoms with Crippen LogP contribution in [0.15, 0.2) is 18.2 Å². The lowest BCUT2D eigenvalue weighted by atomic mass is 10.2. The summed E-state index contributed by atoms with van der Waals surface area (Å²) >= 11 is 0. The number of nitrogens with zero attached hydrogens (tertiary/aromatic N) is 1. The molecule has 1 aliphatic rings. The Kier molecular flexibility index (Phi) is 3.77. The molecule has 0 saturated heterocycles. The maximum atomic E-state index is 11.4. The number of hydrogen-bond acceptors (Lipinski definition) is 3. The molecule has 3 heteroatoms. The summed E-state index contributed by atoms with van der Waals surface area (Å²) in [6.45, 7) is 4.58. The van der Waals surface area contributed by atoms with Gasteiger partial charge in [0.25, 0.3) is 0 Å². The number of aryl methyl sites for hydroxylation is 2. The van der Waals surface area contributed by atoms with Gasteiger partial charge in [-0.3, -0.25) is 9.78 Å². The van der Waals surface area contributed by atoms with Gasteiger partial charge in [0.05, 0.1) is 12.5 Å². The van der Waals surface area contributed by atoms with Crippen LogP contribution in [0.2, 0.25) is 0 Å². The zero-order valence-electron chi connectivity index (χ0n) is 10.5. The summed E-state index contributed by atoms with van der Waals surface area (Å²) in [6, 6.07) is 6.01. The van der Waals surface area contributed by atoms with Crippen LogP contribution in [-0.4, -0.2) is 17.6 Å². The Morgan fingerprint density at radius 3 is 2.94 bits per heavy atom. The molecule has 0 bridgehead atoms. The summed E-state index contributed by atoms with van der Waals surface area (Å²) in [4.78, 5) is 15.9. The van der Waals surface area contributed by atoms with Crippen LogP contribution >= 0.6 is 0 Å². The Balaban J connectivity index is 1.64. The number of esters is 1. The molecule has 0 aromatic carbocycles. The van der Waals surface area contributed by atoms with Crippen LogP contribution in [0.3, 0.4) is 0 Å². The minimum atomic E-state index is -0.0188. The highest BCUT2D eigenvalue weighted by Gasteiger charge is 2.40. The fourth-order valence-corrected chi connectivity index (χ4v) is 1.92. The molecule has 2 atom stereocenters. The Bertz CT molecular complexity index is 403. The molecule has 1 aromatic rings. The van der Waals surface area contributed by atoms with Crippen molar-refractivity contribution in [2.75, 3.05) is 6.61 Å². The molecule has 0 N–H and O–H groups in total. The topological polar surface area (TPSA) is 39.2 Å². The normalized spacial score (nSPS) is 22.2. The molecular formula is C14H19NO2. The highest BCUT2D eigenvalue weighted by atomic mass is 16.5. The van der Waals surface area contributed by atoms with Crippen molar-refractivity contribution in [2.45, 2.75) is 33.1 Å². The predicted molar refractivity (Wildman–Crippen MR) is 65.5 cm³/mol. The van der Waals surface area contributed by atoms with E-state index in [4.69, 9.17) is 4.74 Å². The van der Waals surface area contributed by atoms with E-state index in [1.54, 1.807) is 0 Å². The molecule has 1 fully saturated rings. The van der Waals surface area contributed by atoms with Gasteiger partial charge in [0.2, 0.25) is 0 Å². The van der Waals surface area contributed by atoms with Gasteiger partial charge in [-0.05, 0) is 44.2 Å². The average Bonchev–Trinajstić information content (AvgIpc) is 3.02. The first kappa shape index (κ1) is 12.1. The lowest BCUT2D eigenvalue weighted by molar-refractivity contribution is -0.145. The van der Waals surface area contributed by atoms with E-state index in [-0.39, 0.29) is 11.9 Å². The second-order valence-electron chi connectivity index (χ2n) is 4.86. The van der Waals surface area contributed by atoms with Crippen LogP contribution in [0.5, 0.6) is 0 Å². The van der Waals surface area contributed by atoms with E-state index in [9.17, 15) is 4.79 Å². The quantitative estimate of drug-likeness (QED) is 0.579. The Hall–Kier alpha value is -1.38. The van der Waals surface area contributed by atoms with Crippen LogP contribution in [0, 0.1) is 18.8 Å². The first-order valence-electron chi connectivity index (χ1n) is 6.26. The van der Waals surface area contributed by atoms with E-state index in [1.807, 2.05) is 25.1 Å². The van der Waals surface area contributed by atoms with E-state index in [0.717, 1.165) is 30.7 Å². The van der Waals surface area contributed by atoms with Gasteiger partial charge in [0.1, 0.15) is 0 Å². The van der Waals surface area contributed by atoms with Crippen molar-refractivity contribution in [3.8, 4) is 0 Å². The number of hydrogen-bond donors (Lipinski definition) is 0. The van der Waals surface area contributed by atoms with Gasteiger partial charge in [-0.25, -0.2) is 0 Å². The van der Waals surface area contributed by atoms with Crippen molar-refractivity contribution in [3.05, 3.63) is 29.6 Å². The third kappa shape index (κ3) is 3.55. The fourth-order valence-electron chi connectivity index (χ4n) is 1.92. The predicted octanol–water partition coefficient (Wildman–Crippen LogP) is 2.52. The molecule has 3 nitrogen and oxygen atoms in total. The summed E-state index contributed by atoms with van der Waals surface area (Å²) in [5.41, 5.74) is 2.10. The number of pyridine rings is 1. The minimum absolute atomic E-state index is 0.0188. The highest BCUT2D eigenvalue weighted by Crippen LogP contribution is 2.38. The monoisotopic (exact) mass is 233 g/mol. The van der Waals surface area contributed by atoms with Gasteiger partial charge in [-0.2, -0.15) is 0 Å². The SMILES string of the molecule is Cc1cccc(CCCOC(=O)C2CC2C)n1. The maximum Gasteiger partial charge on any atom is 0.309 e. The zero-order chi connectivity index (χ0) is 12.3. The van der Waals surface area contributed by atoms with Crippen molar-refractivity contribution < 1.29 is 9.53 Å². The van der Waals surface area contributed by atoms with Crippen molar-refractivity contribution >= 4 is 5.97 Å². The Labute approximate surface area is 102 Å². The molecule has 92 valence electrons. The second-order valence-corrected chi connectivity index (χ2v) is 4.86. The third-order valence-electron chi connectivity index (χ3n) is 3.18. The van der Waals surface area contributed by atoms with E-state index >= 15 is 0 Å². The first-order chi connectivity index (χ1) is 8.16. The van der Waals surface area contributed by atoms with Crippen molar-refractivity contribution in [1.29, 1.82) is 0 Å². The van der Waals surface area contributed by atoms with E-state index in [2.05, 4.69) is 11.9 Å². The summed E-state index contributed by atoms with van der Waals surface area (Å²) < 4.78 is 5.22. The molecule has 2 unspecified atom stereocenters. The average molecular weight is 233 g/mol. The van der Waals surface area contributed by atoms with Gasteiger partial charge in [0.15, 0.2) is 0 Å². The van der Waals surface area contributed by atoms with E-state index in [1.165, 1.54) is 0 Å². The van der Waals surface area contributed by atoms with Crippen molar-refractivity contribution in [1.82, 2.24) is 4.98 Å². The van der Waals surface area contributed by atoms with Gasteiger partial charge in [0, 0.05) is 11.4 Å². The third-order valence-corrected chi connectivity index (χ3v) is 3.18. The van der Waals surface area contributed by atoms with Crippen molar-refractivity contribution in [3.63, 3.8) is 0 Å². The number of carbonyl (C=O) groups excluding carboxylic acids is 1. The number of ether oxygens (including phenoxy) is 1. The molecule has 1 aromatic heterocycles. The standard InChI is InChI=1S/C14H19NO2/c1-10-9-13(10)14(16)17-8-4-7-12-6-3-5-11(2)15-12/h3,5-6,10,13H,4,7-9H2,1-2H3. The zero-order valence-corrected chi connectivity index (χ0v) is 10.5. The Morgan fingerprint density at radius 2 is 2.29 bits per heavy atom. The van der Waals surface area contributed by atoms with E-state index in [0.29, 0.717) is 12.5 Å². The molecule has 2 rings (SSSR count). The molecule has 17 heavy (non-hydrogen) atoms. The van der Waals surface area contributed by atoms with Gasteiger partial charge >= 0.3 is 5.97 Å². The van der Waals surface area contributed by atoms with Crippen LogP contribution < -0.4 is 0 Å². The molecule has 1 saturated carbocycles. The fraction of sp³-hybridized carbons (Fsp3) is 0.571. The summed E-state index contributed by atoms with van der Waals surface area (Å²) in [7, 11) is 0. The largest absolute Gasteiger partial charge is 0.465 e. The highest BCUT2D eigenvalue weighted by molar-refractivity contribution is 5.75. The molecule has 0 radical (unpaired) electrons. The molecule has 0 spiro atoms. The molecule has 0 aliphatic heterocycles. The van der Waals surface area contributed by atoms with Gasteiger partial charge < -0.3 is 4.74 Å². The van der Waals surface area contributed by atoms with Crippen LogP contribution in [-0.2, 0) is 16.0 Å². The lowest BCUT2D eigenvalue weighted by Crippen LogP contribution is -2.09. The summed E-state index contributed by atoms with van der Waals surface area (Å²) in [6.07, 6.45) is 2.72. The number of rotatable bonds is 5. The lowest BCUT2D eigenvalue weighted by Gasteiger charge is -2.04. The number of aromatic nitrogens is 1. The molecular weight excluding hydrogens is 214 g/mol. The molecule has 1 heterocycles. The summed E-state index contributed by atoms with van der Waals surface area (Å²) in [5.74, 6) is 0.683.